The second kappa shape index (κ2) is 19.4. The first-order chi connectivity index (χ1) is 33.2. The fourth-order valence-corrected chi connectivity index (χ4v) is 9.68. The number of para-hydroxylation sites is 4. The highest BCUT2D eigenvalue weighted by molar-refractivity contribution is 5.89. The number of ether oxygens (including phenoxy) is 2. The number of likely N-dealkylation sites (tertiary alicyclic amines) is 2. The van der Waals surface area contributed by atoms with E-state index in [4.69, 9.17) is 40.0 Å². The molecular formula is C49H54N12O7. The summed E-state index contributed by atoms with van der Waals surface area (Å²) in [7, 11) is 3.27. The molecular weight excluding hydrogens is 869 g/mol. The van der Waals surface area contributed by atoms with Crippen molar-refractivity contribution in [3.8, 4) is 45.2 Å². The van der Waals surface area contributed by atoms with E-state index >= 15 is 0 Å². The van der Waals surface area contributed by atoms with Crippen molar-refractivity contribution in [2.45, 2.75) is 63.1 Å². The Morgan fingerprint density at radius 3 is 1.46 bits per heavy atom. The first kappa shape index (κ1) is 44.9. The molecule has 6 N–H and O–H groups in total. The summed E-state index contributed by atoms with van der Waals surface area (Å²) in [6, 6.07) is 17.5. The van der Waals surface area contributed by atoms with Crippen molar-refractivity contribution >= 4 is 39.6 Å². The molecule has 2 fully saturated rings. The lowest BCUT2D eigenvalue weighted by molar-refractivity contribution is -0.134. The number of piperidine rings is 2. The number of nitrogen functional groups attached to an aromatic ring is 2. The molecule has 2 aliphatic heterocycles. The molecule has 2 unspecified atom stereocenters. The molecule has 8 heterocycles. The maximum atomic E-state index is 14.3. The maximum absolute atomic E-state index is 14.3. The van der Waals surface area contributed by atoms with Gasteiger partial charge in [0.25, 0.3) is 0 Å². The summed E-state index contributed by atoms with van der Waals surface area (Å²) in [5.74, 6) is 1.19. The van der Waals surface area contributed by atoms with Gasteiger partial charge in [-0.3, -0.25) is 24.0 Å². The number of anilines is 2. The highest BCUT2D eigenvalue weighted by atomic mass is 16.5. The first-order valence-corrected chi connectivity index (χ1v) is 22.8. The Labute approximate surface area is 391 Å². The van der Waals surface area contributed by atoms with E-state index in [0.717, 1.165) is 44.7 Å². The van der Waals surface area contributed by atoms with Crippen LogP contribution in [0.4, 0.5) is 11.6 Å². The molecule has 68 heavy (non-hydrogen) atoms. The number of carbonyl (C=O) groups is 1. The minimum atomic E-state index is -0.757. The summed E-state index contributed by atoms with van der Waals surface area (Å²) >= 11 is 0. The van der Waals surface area contributed by atoms with Crippen molar-refractivity contribution in [1.29, 1.82) is 0 Å². The average molecular weight is 923 g/mol. The Bertz CT molecular complexity index is 2790. The van der Waals surface area contributed by atoms with E-state index in [0.29, 0.717) is 97.6 Å². The van der Waals surface area contributed by atoms with Gasteiger partial charge in [0.15, 0.2) is 16.9 Å². The van der Waals surface area contributed by atoms with Gasteiger partial charge in [-0.1, -0.05) is 24.3 Å². The summed E-state index contributed by atoms with van der Waals surface area (Å²) in [4.78, 5) is 36.6. The van der Waals surface area contributed by atoms with Gasteiger partial charge < -0.3 is 40.0 Å². The third-order valence-electron chi connectivity index (χ3n) is 13.3. The van der Waals surface area contributed by atoms with Crippen molar-refractivity contribution in [1.82, 2.24) is 49.3 Å². The monoisotopic (exact) mass is 922 g/mol. The molecule has 0 spiro atoms. The number of rotatable bonds is 16. The van der Waals surface area contributed by atoms with Gasteiger partial charge >= 0.3 is 0 Å². The van der Waals surface area contributed by atoms with Crippen molar-refractivity contribution < 1.29 is 33.3 Å². The topological polar surface area (TPSA) is 248 Å². The van der Waals surface area contributed by atoms with Gasteiger partial charge in [-0.05, 0) is 62.1 Å². The molecule has 2 aromatic carbocycles. The van der Waals surface area contributed by atoms with Gasteiger partial charge in [-0.2, -0.15) is 10.2 Å². The second-order valence-electron chi connectivity index (χ2n) is 17.4. The summed E-state index contributed by atoms with van der Waals surface area (Å²) in [5, 5.41) is 31.3. The van der Waals surface area contributed by atoms with E-state index in [1.807, 2.05) is 92.2 Å². The zero-order valence-corrected chi connectivity index (χ0v) is 37.9. The van der Waals surface area contributed by atoms with E-state index in [9.17, 15) is 15.0 Å². The van der Waals surface area contributed by atoms with Gasteiger partial charge in [-0.15, -0.1) is 0 Å². The molecule has 0 bridgehead atoms. The number of pyridine rings is 2. The van der Waals surface area contributed by atoms with Gasteiger partial charge in [0, 0.05) is 87.4 Å². The van der Waals surface area contributed by atoms with Crippen LogP contribution in [0.5, 0.6) is 0 Å². The predicted molar refractivity (Wildman–Crippen MR) is 254 cm³/mol. The number of methoxy groups -OCH3 is 2. The van der Waals surface area contributed by atoms with E-state index in [2.05, 4.69) is 19.9 Å². The number of aromatic nitrogens is 8. The van der Waals surface area contributed by atoms with Gasteiger partial charge in [0.05, 0.1) is 73.1 Å². The second-order valence-corrected chi connectivity index (χ2v) is 17.4. The molecule has 6 aromatic heterocycles. The number of Topliss-reactive ketones (excluding diaryl/α,β-unsaturated/α-hetero) is 1. The zero-order chi connectivity index (χ0) is 46.9. The van der Waals surface area contributed by atoms with Crippen molar-refractivity contribution in [3.63, 3.8) is 0 Å². The molecule has 2 aliphatic rings. The van der Waals surface area contributed by atoms with Crippen molar-refractivity contribution in [2.24, 2.45) is 0 Å². The largest absolute Gasteiger partial charge is 0.436 e. The molecule has 2 atom stereocenters. The Morgan fingerprint density at radius 1 is 0.662 bits per heavy atom. The number of nitrogens with two attached hydrogens (primary N) is 2. The number of aliphatic hydroxyl groups is 2. The zero-order valence-electron chi connectivity index (χ0n) is 37.9. The average Bonchev–Trinajstić information content (AvgIpc) is 4.19. The van der Waals surface area contributed by atoms with Crippen molar-refractivity contribution in [2.75, 3.05) is 65.1 Å². The number of benzene rings is 2. The quantitative estimate of drug-likeness (QED) is 0.0929. The van der Waals surface area contributed by atoms with Crippen LogP contribution in [0.2, 0.25) is 0 Å². The van der Waals surface area contributed by atoms with Gasteiger partial charge in [0.1, 0.15) is 22.7 Å². The third-order valence-corrected chi connectivity index (χ3v) is 13.3. The smallest absolute Gasteiger partial charge is 0.231 e. The normalized spacial score (nSPS) is 16.5. The van der Waals surface area contributed by atoms with Crippen LogP contribution in [0.1, 0.15) is 49.2 Å². The lowest BCUT2D eigenvalue weighted by Crippen LogP contribution is -2.57. The summed E-state index contributed by atoms with van der Waals surface area (Å²) in [6.07, 6.45) is 10.2. The minimum absolute atomic E-state index is 0.0371. The maximum Gasteiger partial charge on any atom is 0.231 e. The Hall–Kier alpha value is -6.87. The molecule has 352 valence electrons. The number of carbonyl (C=O) groups excluding carboxylic acids is 1. The molecule has 8 aromatic rings. The van der Waals surface area contributed by atoms with E-state index in [1.54, 1.807) is 26.6 Å². The van der Waals surface area contributed by atoms with Crippen LogP contribution < -0.4 is 11.5 Å². The van der Waals surface area contributed by atoms with Crippen molar-refractivity contribution in [3.05, 3.63) is 96.8 Å². The fourth-order valence-electron chi connectivity index (χ4n) is 9.68. The predicted octanol–water partition coefficient (Wildman–Crippen LogP) is 5.54. The molecule has 0 aliphatic carbocycles. The number of ketones is 1. The summed E-state index contributed by atoms with van der Waals surface area (Å²) in [5.41, 5.74) is 21.4. The highest BCUT2D eigenvalue weighted by Gasteiger charge is 2.38. The van der Waals surface area contributed by atoms with Crippen LogP contribution >= 0.6 is 0 Å². The molecule has 19 nitrogen and oxygen atoms in total. The lowest BCUT2D eigenvalue weighted by Gasteiger charge is -2.40. The SMILES string of the molecule is COCc1nn(C2CCN(C(CO)C(=O)C(CO)N3CCC(n4cc(-c5cnc(N)c(-c6nc7ccccc7o6)c5)c(COC)n4)CC3)CC2)cc1-c1cnc(N)c(-c2nc3ccccc3o2)c1. The number of nitrogens with zero attached hydrogens (tertiary/aromatic N) is 10. The summed E-state index contributed by atoms with van der Waals surface area (Å²) < 4.78 is 27.1. The Balaban J connectivity index is 0.789. The van der Waals surface area contributed by atoms with Crippen LogP contribution in [0, 0.1) is 0 Å². The van der Waals surface area contributed by atoms with E-state index in [1.165, 1.54) is 0 Å². The summed E-state index contributed by atoms with van der Waals surface area (Å²) in [6.45, 7) is 2.13. The number of fused-ring (bicyclic) bond motifs is 2. The molecule has 2 saturated heterocycles. The van der Waals surface area contributed by atoms with Crippen LogP contribution in [-0.4, -0.2) is 131 Å². The molecule has 10 rings (SSSR count). The highest BCUT2D eigenvalue weighted by Crippen LogP contribution is 2.37. The Kier molecular flexibility index (Phi) is 12.8. The van der Waals surface area contributed by atoms with E-state index in [-0.39, 0.29) is 44.3 Å². The van der Waals surface area contributed by atoms with E-state index < -0.39 is 12.1 Å². The number of hydrogen-bond acceptors (Lipinski definition) is 17. The van der Waals surface area contributed by atoms with Crippen LogP contribution in [0.15, 0.2) is 94.3 Å². The van der Waals surface area contributed by atoms with Gasteiger partial charge in [-0.25, -0.2) is 19.9 Å². The van der Waals surface area contributed by atoms with Gasteiger partial charge in [0.2, 0.25) is 11.8 Å². The number of hydrogen-bond donors (Lipinski definition) is 4. The number of aliphatic hydroxyl groups excluding tert-OH is 2. The first-order valence-electron chi connectivity index (χ1n) is 22.8. The minimum Gasteiger partial charge on any atom is -0.436 e. The lowest BCUT2D eigenvalue weighted by atomic mass is 9.96. The van der Waals surface area contributed by atoms with Crippen LogP contribution in [-0.2, 0) is 27.5 Å². The van der Waals surface area contributed by atoms with Crippen LogP contribution in [0.25, 0.3) is 67.4 Å². The number of oxazole rings is 2. The molecule has 19 heteroatoms. The third kappa shape index (κ3) is 8.75. The Morgan fingerprint density at radius 2 is 1.07 bits per heavy atom. The molecule has 0 amide bonds. The molecule has 0 radical (unpaired) electrons. The fraction of sp³-hybridized carbons (Fsp3) is 0.367. The standard InChI is InChI=1S/C49H54N12O7/c1-65-27-39-35(29-19-33(46(50)52-21-29)48-54-37-7-3-5-9-43(37)67-48)23-60(56-39)31-11-15-58(16-12-31)41(25-62)45(64)42(26-63)59-17-13-32(14-18-59)61-24-36(40(57-61)28-66-2)30-20-34(47(51)53-22-30)49-55-38-8-4-6-10-44(38)68-49/h3-10,19-24,31-32,41-42,62-63H,11-18,25-28H2,1-2H3,(H2,50,52)(H2,51,53). The molecule has 0 saturated carbocycles. The van der Waals surface area contributed by atoms with Crippen LogP contribution in [0.3, 0.4) is 0 Å².